The van der Waals surface area contributed by atoms with Gasteiger partial charge >= 0.3 is 18.9 Å². The molecular weight excluding hydrogens is 559 g/mol. The topological polar surface area (TPSA) is 72.5 Å². The molecule has 1 atom stereocenters. The van der Waals surface area contributed by atoms with E-state index in [2.05, 4.69) is 47.5 Å². The maximum absolute atomic E-state index is 13.5. The number of rotatable bonds is 15. The summed E-state index contributed by atoms with van der Waals surface area (Å²) in [6, 6.07) is 22.3. The van der Waals surface area contributed by atoms with Gasteiger partial charge in [0.2, 0.25) is 0 Å². The second-order valence-corrected chi connectivity index (χ2v) is 12.9. The van der Waals surface area contributed by atoms with Gasteiger partial charge in [0.05, 0.1) is 12.0 Å². The van der Waals surface area contributed by atoms with Crippen molar-refractivity contribution in [3.05, 3.63) is 94.5 Å². The Labute approximate surface area is 280 Å². The molecule has 0 unspecified atom stereocenters. The van der Waals surface area contributed by atoms with Crippen LogP contribution >= 0.6 is 11.8 Å². The van der Waals surface area contributed by atoms with Gasteiger partial charge in [-0.25, -0.2) is 0 Å². The standard InChI is InChI=1S/C37H48N2O3S.Li/c1-4-5-22-39(25-28-15-18-31(19-16-28)30-12-7-6-8-13-30)26-29-17-20-33(34(24-29)32-14-10-9-11-27(32)2)36(40)38-35(37(41)42)21-23-43-3;/h9-11,14-20,24,30,35H,4-8,12-13,21-23,25-26H2,1-3H3,(H,38,40)(H,41,42);/q;+1/p-1/t35-;/m0./s1. The van der Waals surface area contributed by atoms with Crippen molar-refractivity contribution in [2.75, 3.05) is 18.6 Å². The number of carboxylic acids is 1. The molecule has 1 amide bonds. The number of aliphatic carboxylic acids is 1. The summed E-state index contributed by atoms with van der Waals surface area (Å²) in [7, 11) is 0. The summed E-state index contributed by atoms with van der Waals surface area (Å²) in [5.41, 5.74) is 7.27. The Morgan fingerprint density at radius 1 is 0.955 bits per heavy atom. The molecule has 1 fully saturated rings. The Kier molecular flexibility index (Phi) is 15.1. The molecule has 4 rings (SSSR count). The van der Waals surface area contributed by atoms with Crippen LogP contribution in [0.4, 0.5) is 0 Å². The van der Waals surface area contributed by atoms with Crippen LogP contribution in [0.1, 0.15) is 96.8 Å². The second kappa shape index (κ2) is 18.5. The Morgan fingerprint density at radius 2 is 1.64 bits per heavy atom. The van der Waals surface area contributed by atoms with Crippen LogP contribution in [0, 0.1) is 6.92 Å². The molecule has 0 spiro atoms. The molecule has 230 valence electrons. The van der Waals surface area contributed by atoms with E-state index in [1.165, 1.54) is 43.2 Å². The third kappa shape index (κ3) is 10.3. The van der Waals surface area contributed by atoms with E-state index in [1.807, 2.05) is 49.6 Å². The summed E-state index contributed by atoms with van der Waals surface area (Å²) < 4.78 is 0. The fourth-order valence-electron chi connectivity index (χ4n) is 6.15. The van der Waals surface area contributed by atoms with Crippen molar-refractivity contribution in [3.8, 4) is 11.1 Å². The van der Waals surface area contributed by atoms with Gasteiger partial charge < -0.3 is 15.2 Å². The third-order valence-corrected chi connectivity index (χ3v) is 9.30. The molecule has 5 nitrogen and oxygen atoms in total. The quantitative estimate of drug-likeness (QED) is 0.264. The van der Waals surface area contributed by atoms with Crippen LogP contribution in [0.25, 0.3) is 11.1 Å². The first-order valence-electron chi connectivity index (χ1n) is 15.9. The maximum Gasteiger partial charge on any atom is 1.00 e. The Balaban J connectivity index is 0.00000529. The number of amides is 1. The molecule has 7 heteroatoms. The fraction of sp³-hybridized carbons (Fsp3) is 0.459. The molecule has 3 aromatic rings. The van der Waals surface area contributed by atoms with Crippen LogP contribution in [-0.2, 0) is 17.9 Å². The van der Waals surface area contributed by atoms with Crippen LogP contribution in [0.2, 0.25) is 0 Å². The van der Waals surface area contributed by atoms with E-state index in [9.17, 15) is 14.7 Å². The van der Waals surface area contributed by atoms with Crippen molar-refractivity contribution in [1.29, 1.82) is 0 Å². The summed E-state index contributed by atoms with van der Waals surface area (Å²) in [6.45, 7) is 6.89. The van der Waals surface area contributed by atoms with Gasteiger partial charge in [-0.1, -0.05) is 87.2 Å². The minimum atomic E-state index is -1.25. The van der Waals surface area contributed by atoms with Gasteiger partial charge in [0.1, 0.15) is 0 Å². The Bertz CT molecular complexity index is 1340. The Hall–Kier alpha value is -2.49. The molecule has 0 aromatic heterocycles. The van der Waals surface area contributed by atoms with E-state index in [4.69, 9.17) is 0 Å². The maximum atomic E-state index is 13.5. The summed E-state index contributed by atoms with van der Waals surface area (Å²) in [4.78, 5) is 27.7. The molecule has 0 heterocycles. The first kappa shape index (κ1) is 36.0. The number of hydrogen-bond acceptors (Lipinski definition) is 5. The molecule has 1 aliphatic rings. The molecular formula is C37H47LiN2O3S. The fourth-order valence-corrected chi connectivity index (χ4v) is 6.62. The Morgan fingerprint density at radius 3 is 2.30 bits per heavy atom. The van der Waals surface area contributed by atoms with E-state index in [-0.39, 0.29) is 24.8 Å². The third-order valence-electron chi connectivity index (χ3n) is 8.66. The number of nitrogens with zero attached hydrogens (tertiary/aromatic N) is 1. The first-order valence-corrected chi connectivity index (χ1v) is 17.3. The number of carboxylic acid groups (broad SMARTS) is 1. The van der Waals surface area contributed by atoms with E-state index < -0.39 is 12.0 Å². The van der Waals surface area contributed by atoms with Gasteiger partial charge in [-0.3, -0.25) is 9.69 Å². The summed E-state index contributed by atoms with van der Waals surface area (Å²) in [6.07, 6.45) is 11.2. The average Bonchev–Trinajstić information content (AvgIpc) is 3.02. The van der Waals surface area contributed by atoms with E-state index in [1.54, 1.807) is 11.8 Å². The van der Waals surface area contributed by atoms with Crippen LogP contribution in [0.15, 0.2) is 66.7 Å². The van der Waals surface area contributed by atoms with Crippen molar-refractivity contribution in [3.63, 3.8) is 0 Å². The largest absolute Gasteiger partial charge is 1.00 e. The second-order valence-electron chi connectivity index (χ2n) is 12.0. The number of thioether (sulfide) groups is 1. The number of hydrogen-bond donors (Lipinski definition) is 1. The van der Waals surface area contributed by atoms with Crippen LogP contribution in [0.3, 0.4) is 0 Å². The monoisotopic (exact) mass is 606 g/mol. The molecule has 0 aliphatic heterocycles. The minimum Gasteiger partial charge on any atom is -0.548 e. The number of carbonyl (C=O) groups is 2. The summed E-state index contributed by atoms with van der Waals surface area (Å²) in [5.74, 6) is -0.308. The van der Waals surface area contributed by atoms with Gasteiger partial charge in [-0.05, 0) is 103 Å². The van der Waals surface area contributed by atoms with E-state index >= 15 is 0 Å². The predicted octanol–water partition coefficient (Wildman–Crippen LogP) is 4.12. The zero-order chi connectivity index (χ0) is 30.6. The van der Waals surface area contributed by atoms with E-state index in [0.29, 0.717) is 23.7 Å². The van der Waals surface area contributed by atoms with E-state index in [0.717, 1.165) is 54.7 Å². The van der Waals surface area contributed by atoms with Crippen LogP contribution in [0.5, 0.6) is 0 Å². The van der Waals surface area contributed by atoms with Crippen molar-refractivity contribution < 1.29 is 33.6 Å². The van der Waals surface area contributed by atoms with Crippen molar-refractivity contribution in [2.24, 2.45) is 0 Å². The van der Waals surface area contributed by atoms with Gasteiger partial charge in [-0.2, -0.15) is 11.8 Å². The molecule has 0 saturated heterocycles. The molecule has 44 heavy (non-hydrogen) atoms. The number of nitrogens with one attached hydrogen (secondary N) is 1. The SMILES string of the molecule is CCCCN(Cc1ccc(C2CCCCC2)cc1)Cc1ccc(C(=O)N[C@@H](CCSC)C(=O)[O-])c(-c2ccccc2C)c1.[Li+]. The van der Waals surface area contributed by atoms with Crippen molar-refractivity contribution in [1.82, 2.24) is 10.2 Å². The number of unbranched alkanes of at least 4 members (excludes halogenated alkanes) is 1. The van der Waals surface area contributed by atoms with Gasteiger partial charge in [0.15, 0.2) is 0 Å². The summed E-state index contributed by atoms with van der Waals surface area (Å²) >= 11 is 1.55. The van der Waals surface area contributed by atoms with Crippen molar-refractivity contribution >= 4 is 23.6 Å². The smallest absolute Gasteiger partial charge is 0.548 e. The number of benzene rings is 3. The van der Waals surface area contributed by atoms with Crippen molar-refractivity contribution in [2.45, 2.75) is 90.3 Å². The first-order chi connectivity index (χ1) is 20.9. The number of aryl methyl sites for hydroxylation is 1. The minimum absolute atomic E-state index is 0. The van der Waals surface area contributed by atoms with Gasteiger partial charge in [0, 0.05) is 18.7 Å². The average molecular weight is 607 g/mol. The zero-order valence-electron chi connectivity index (χ0n) is 27.1. The predicted molar refractivity (Wildman–Crippen MR) is 177 cm³/mol. The summed E-state index contributed by atoms with van der Waals surface area (Å²) in [5, 5.41) is 14.5. The normalized spacial score (nSPS) is 14.2. The zero-order valence-corrected chi connectivity index (χ0v) is 27.9. The number of carbonyl (C=O) groups excluding carboxylic acids is 2. The van der Waals surface area contributed by atoms with Gasteiger partial charge in [-0.15, -0.1) is 0 Å². The molecule has 1 saturated carbocycles. The molecule has 1 aliphatic carbocycles. The van der Waals surface area contributed by atoms with Crippen LogP contribution < -0.4 is 29.3 Å². The molecule has 3 aromatic carbocycles. The molecule has 0 radical (unpaired) electrons. The van der Waals surface area contributed by atoms with Crippen LogP contribution in [-0.4, -0.2) is 41.4 Å². The van der Waals surface area contributed by atoms with Gasteiger partial charge in [0.25, 0.3) is 5.91 Å². The molecule has 0 bridgehead atoms. The molecule has 1 N–H and O–H groups in total.